The lowest BCUT2D eigenvalue weighted by molar-refractivity contribution is -0.143. The first-order chi connectivity index (χ1) is 8.61. The molecule has 1 aliphatic rings. The van der Waals surface area contributed by atoms with Gasteiger partial charge in [-0.05, 0) is 43.9 Å². The number of aliphatic carboxylic acids is 1. The summed E-state index contributed by atoms with van der Waals surface area (Å²) in [6, 6.07) is 9.96. The molecule has 1 heterocycles. The van der Waals surface area contributed by atoms with Crippen LogP contribution < -0.4 is 0 Å². The number of aryl methyl sites for hydroxylation is 1. The van der Waals surface area contributed by atoms with Gasteiger partial charge >= 0.3 is 5.97 Å². The molecule has 1 aromatic carbocycles. The summed E-state index contributed by atoms with van der Waals surface area (Å²) >= 11 is 0. The average Bonchev–Trinajstić information content (AvgIpc) is 3.10. The predicted molar refractivity (Wildman–Crippen MR) is 69.5 cm³/mol. The number of fused-ring (bicyclic) bond motifs is 1. The fraction of sp³-hybridized carbons (Fsp3) is 0.333. The Morgan fingerprint density at radius 2 is 2.11 bits per heavy atom. The number of hydrogen-bond acceptors (Lipinski definition) is 2. The molecular formula is C15H15NO2. The first-order valence-electron chi connectivity index (χ1n) is 6.19. The van der Waals surface area contributed by atoms with Gasteiger partial charge in [0.25, 0.3) is 0 Å². The Balaban J connectivity index is 2.09. The molecule has 0 bridgehead atoms. The summed E-state index contributed by atoms with van der Waals surface area (Å²) in [5.41, 5.74) is 2.49. The van der Waals surface area contributed by atoms with Crippen molar-refractivity contribution in [2.45, 2.75) is 26.2 Å². The van der Waals surface area contributed by atoms with Crippen LogP contribution in [0, 0.1) is 12.3 Å². The molecule has 3 nitrogen and oxygen atoms in total. The van der Waals surface area contributed by atoms with Gasteiger partial charge in [0, 0.05) is 11.1 Å². The van der Waals surface area contributed by atoms with Gasteiger partial charge in [0.2, 0.25) is 0 Å². The van der Waals surface area contributed by atoms with Gasteiger partial charge in [-0.15, -0.1) is 0 Å². The van der Waals surface area contributed by atoms with Gasteiger partial charge in [-0.2, -0.15) is 0 Å². The van der Waals surface area contributed by atoms with Gasteiger partial charge in [0.05, 0.1) is 10.9 Å². The fourth-order valence-corrected chi connectivity index (χ4v) is 2.52. The molecule has 1 fully saturated rings. The van der Waals surface area contributed by atoms with Crippen LogP contribution >= 0.6 is 0 Å². The van der Waals surface area contributed by atoms with Crippen molar-refractivity contribution in [2.75, 3.05) is 0 Å². The second-order valence-corrected chi connectivity index (χ2v) is 5.20. The second kappa shape index (κ2) is 3.80. The molecule has 1 aromatic heterocycles. The van der Waals surface area contributed by atoms with Gasteiger partial charge < -0.3 is 5.11 Å². The van der Waals surface area contributed by atoms with Crippen LogP contribution in [0.2, 0.25) is 0 Å². The van der Waals surface area contributed by atoms with E-state index in [1.54, 1.807) is 0 Å². The summed E-state index contributed by atoms with van der Waals surface area (Å²) in [4.78, 5) is 15.8. The maximum absolute atomic E-state index is 11.3. The summed E-state index contributed by atoms with van der Waals surface area (Å²) in [6.07, 6.45) is 2.20. The van der Waals surface area contributed by atoms with Crippen molar-refractivity contribution in [3.05, 3.63) is 41.6 Å². The highest BCUT2D eigenvalue weighted by molar-refractivity contribution is 5.84. The van der Waals surface area contributed by atoms with Crippen LogP contribution in [0.5, 0.6) is 0 Å². The number of para-hydroxylation sites is 1. The van der Waals surface area contributed by atoms with Gasteiger partial charge in [-0.25, -0.2) is 0 Å². The van der Waals surface area contributed by atoms with Crippen molar-refractivity contribution in [1.82, 2.24) is 4.98 Å². The minimum absolute atomic E-state index is 0.517. The maximum atomic E-state index is 11.3. The molecule has 0 spiro atoms. The van der Waals surface area contributed by atoms with Crippen LogP contribution in [-0.4, -0.2) is 16.1 Å². The summed E-state index contributed by atoms with van der Waals surface area (Å²) < 4.78 is 0. The molecule has 3 rings (SSSR count). The van der Waals surface area contributed by atoms with E-state index in [0.717, 1.165) is 35.0 Å². The molecule has 0 atom stereocenters. The van der Waals surface area contributed by atoms with E-state index in [4.69, 9.17) is 0 Å². The van der Waals surface area contributed by atoms with Crippen molar-refractivity contribution in [2.24, 2.45) is 5.41 Å². The maximum Gasteiger partial charge on any atom is 0.309 e. The van der Waals surface area contributed by atoms with Crippen molar-refractivity contribution < 1.29 is 9.90 Å². The number of nitrogens with zero attached hydrogens (tertiary/aromatic N) is 1. The highest BCUT2D eigenvalue weighted by Crippen LogP contribution is 2.49. The van der Waals surface area contributed by atoms with Crippen molar-refractivity contribution >= 4 is 16.9 Å². The minimum Gasteiger partial charge on any atom is -0.481 e. The number of hydrogen-bond donors (Lipinski definition) is 1. The third kappa shape index (κ3) is 1.76. The zero-order valence-corrected chi connectivity index (χ0v) is 10.3. The number of carboxylic acid groups (broad SMARTS) is 1. The lowest BCUT2D eigenvalue weighted by Gasteiger charge is -2.12. The molecule has 92 valence electrons. The van der Waals surface area contributed by atoms with Gasteiger partial charge in [-0.3, -0.25) is 9.78 Å². The lowest BCUT2D eigenvalue weighted by atomic mass is 9.94. The largest absolute Gasteiger partial charge is 0.481 e. The predicted octanol–water partition coefficient (Wildman–Crippen LogP) is 2.95. The van der Waals surface area contributed by atoms with Crippen molar-refractivity contribution in [1.29, 1.82) is 0 Å². The Morgan fingerprint density at radius 1 is 1.39 bits per heavy atom. The third-order valence-electron chi connectivity index (χ3n) is 3.77. The Kier molecular flexibility index (Phi) is 2.37. The minimum atomic E-state index is -0.666. The molecule has 3 heteroatoms. The van der Waals surface area contributed by atoms with Gasteiger partial charge in [0.1, 0.15) is 0 Å². The number of pyridine rings is 1. The molecule has 18 heavy (non-hydrogen) atoms. The summed E-state index contributed by atoms with van der Waals surface area (Å²) in [7, 11) is 0. The molecule has 1 N–H and O–H groups in total. The number of carbonyl (C=O) groups is 1. The quantitative estimate of drug-likeness (QED) is 0.898. The molecule has 0 aliphatic heterocycles. The Morgan fingerprint density at radius 3 is 2.78 bits per heavy atom. The van der Waals surface area contributed by atoms with E-state index in [0.29, 0.717) is 6.42 Å². The molecule has 0 unspecified atom stereocenters. The van der Waals surface area contributed by atoms with E-state index >= 15 is 0 Å². The van der Waals surface area contributed by atoms with E-state index in [9.17, 15) is 9.90 Å². The molecule has 0 radical (unpaired) electrons. The molecule has 1 aliphatic carbocycles. The molecular weight excluding hydrogens is 226 g/mol. The highest BCUT2D eigenvalue weighted by atomic mass is 16.4. The van der Waals surface area contributed by atoms with E-state index in [1.807, 2.05) is 37.3 Å². The van der Waals surface area contributed by atoms with E-state index < -0.39 is 11.4 Å². The number of rotatable bonds is 3. The van der Waals surface area contributed by atoms with Crippen LogP contribution in [-0.2, 0) is 11.2 Å². The Labute approximate surface area is 105 Å². The number of carboxylic acids is 1. The van der Waals surface area contributed by atoms with Gasteiger partial charge in [0.15, 0.2) is 0 Å². The van der Waals surface area contributed by atoms with Crippen LogP contribution in [0.1, 0.15) is 24.1 Å². The standard InChI is InChI=1S/C15H15NO2/c1-10-8-11(9-15(6-7-15)14(17)18)12-4-2-3-5-13(12)16-10/h2-5,8H,6-7,9H2,1H3,(H,17,18). The lowest BCUT2D eigenvalue weighted by Crippen LogP contribution is -2.17. The van der Waals surface area contributed by atoms with Crippen molar-refractivity contribution in [3.8, 4) is 0 Å². The first-order valence-corrected chi connectivity index (χ1v) is 6.19. The van der Waals surface area contributed by atoms with E-state index in [1.165, 1.54) is 0 Å². The number of aromatic nitrogens is 1. The summed E-state index contributed by atoms with van der Waals surface area (Å²) in [6.45, 7) is 1.95. The molecule has 0 amide bonds. The van der Waals surface area contributed by atoms with Gasteiger partial charge in [-0.1, -0.05) is 18.2 Å². The summed E-state index contributed by atoms with van der Waals surface area (Å²) in [5.74, 6) is -0.666. The number of benzene rings is 1. The van der Waals surface area contributed by atoms with E-state index in [-0.39, 0.29) is 0 Å². The molecule has 0 saturated heterocycles. The zero-order valence-electron chi connectivity index (χ0n) is 10.3. The normalized spacial score (nSPS) is 16.7. The van der Waals surface area contributed by atoms with E-state index in [2.05, 4.69) is 4.98 Å². The Hall–Kier alpha value is -1.90. The SMILES string of the molecule is Cc1cc(CC2(C(=O)O)CC2)c2ccccc2n1. The molecule has 2 aromatic rings. The zero-order chi connectivity index (χ0) is 12.8. The second-order valence-electron chi connectivity index (χ2n) is 5.20. The van der Waals surface area contributed by atoms with Crippen LogP contribution in [0.3, 0.4) is 0 Å². The van der Waals surface area contributed by atoms with Crippen molar-refractivity contribution in [3.63, 3.8) is 0 Å². The van der Waals surface area contributed by atoms with Crippen LogP contribution in [0.4, 0.5) is 0 Å². The van der Waals surface area contributed by atoms with Crippen LogP contribution in [0.25, 0.3) is 10.9 Å². The fourth-order valence-electron chi connectivity index (χ4n) is 2.52. The van der Waals surface area contributed by atoms with Crippen LogP contribution in [0.15, 0.2) is 30.3 Å². The smallest absolute Gasteiger partial charge is 0.309 e. The third-order valence-corrected chi connectivity index (χ3v) is 3.77. The summed E-state index contributed by atoms with van der Waals surface area (Å²) in [5, 5.41) is 10.4. The topological polar surface area (TPSA) is 50.2 Å². The monoisotopic (exact) mass is 241 g/mol. The highest BCUT2D eigenvalue weighted by Gasteiger charge is 2.50. The average molecular weight is 241 g/mol. The molecule has 1 saturated carbocycles. The Bertz CT molecular complexity index is 629. The first kappa shape index (κ1) is 11.2.